The van der Waals surface area contributed by atoms with Crippen LogP contribution in [0.25, 0.3) is 28.5 Å². The minimum atomic E-state index is 0.146. The molecule has 0 bridgehead atoms. The molecule has 0 saturated heterocycles. The zero-order chi connectivity index (χ0) is 15.6. The van der Waals surface area contributed by atoms with Gasteiger partial charge in [-0.05, 0) is 30.3 Å². The summed E-state index contributed by atoms with van der Waals surface area (Å²) in [6.45, 7) is 0.533. The van der Waals surface area contributed by atoms with E-state index in [9.17, 15) is 0 Å². The Hall–Kier alpha value is -3.28. The molecule has 6 nitrogen and oxygen atoms in total. The van der Waals surface area contributed by atoms with Gasteiger partial charge in [-0.2, -0.15) is 0 Å². The fourth-order valence-corrected chi connectivity index (χ4v) is 2.48. The molecule has 0 radical (unpaired) electrons. The van der Waals surface area contributed by atoms with Crippen LogP contribution >= 0.6 is 0 Å². The predicted octanol–water partition coefficient (Wildman–Crippen LogP) is 3.51. The van der Waals surface area contributed by atoms with Crippen molar-refractivity contribution in [2.45, 2.75) is 0 Å². The van der Waals surface area contributed by atoms with Gasteiger partial charge in [-0.3, -0.25) is 0 Å². The van der Waals surface area contributed by atoms with Gasteiger partial charge in [0.25, 0.3) is 0 Å². The Kier molecular flexibility index (Phi) is 3.20. The predicted molar refractivity (Wildman–Crippen MR) is 84.9 cm³/mol. The number of nitrogen functional groups attached to an aromatic ring is 1. The molecular formula is C17H13N3O3. The summed E-state index contributed by atoms with van der Waals surface area (Å²) in [4.78, 5) is 8.72. The average Bonchev–Trinajstić information content (AvgIpc) is 3.28. The van der Waals surface area contributed by atoms with Crippen molar-refractivity contribution in [1.82, 2.24) is 9.97 Å². The molecule has 6 heteroatoms. The average molecular weight is 307 g/mol. The number of nitrogens with zero attached hydrogens (tertiary/aromatic N) is 2. The summed E-state index contributed by atoms with van der Waals surface area (Å²) in [5.41, 5.74) is 8.66. The standard InChI is InChI=1S/C17H13N3O3/c18-17-19-15(12-5-2-8-22-12)14(11-4-1-7-21-10-11)16(20-17)13-6-3-9-23-13/h1-6,8-10H,7H2,(H2,18,19,20). The highest BCUT2D eigenvalue weighted by atomic mass is 16.5. The van der Waals surface area contributed by atoms with Crippen LogP contribution in [0.1, 0.15) is 5.56 Å². The second-order valence-corrected chi connectivity index (χ2v) is 4.92. The van der Waals surface area contributed by atoms with Crippen LogP contribution in [-0.2, 0) is 4.74 Å². The van der Waals surface area contributed by atoms with E-state index in [1.807, 2.05) is 24.3 Å². The molecule has 3 aromatic heterocycles. The molecule has 0 fully saturated rings. The van der Waals surface area contributed by atoms with Crippen LogP contribution in [0.5, 0.6) is 0 Å². The van der Waals surface area contributed by atoms with Gasteiger partial charge in [0.05, 0.1) is 18.8 Å². The van der Waals surface area contributed by atoms with Gasteiger partial charge in [0, 0.05) is 11.1 Å². The van der Waals surface area contributed by atoms with Gasteiger partial charge in [-0.15, -0.1) is 0 Å². The normalized spacial score (nSPS) is 13.7. The summed E-state index contributed by atoms with van der Waals surface area (Å²) in [6, 6.07) is 7.24. The van der Waals surface area contributed by atoms with Crippen LogP contribution in [0, 0.1) is 0 Å². The molecule has 1 aliphatic heterocycles. The van der Waals surface area contributed by atoms with Gasteiger partial charge in [0.2, 0.25) is 5.95 Å². The second-order valence-electron chi connectivity index (χ2n) is 4.92. The van der Waals surface area contributed by atoms with Crippen molar-refractivity contribution in [2.24, 2.45) is 0 Å². The Balaban J connectivity index is 2.02. The monoisotopic (exact) mass is 307 g/mol. The molecule has 23 heavy (non-hydrogen) atoms. The third-order valence-corrected chi connectivity index (χ3v) is 3.42. The molecule has 3 aromatic rings. The molecule has 4 heterocycles. The summed E-state index contributed by atoms with van der Waals surface area (Å²) in [5, 5.41) is 0. The summed E-state index contributed by atoms with van der Waals surface area (Å²) in [7, 11) is 0. The van der Waals surface area contributed by atoms with Crippen molar-refractivity contribution in [3.63, 3.8) is 0 Å². The van der Waals surface area contributed by atoms with Crippen molar-refractivity contribution in [2.75, 3.05) is 12.3 Å². The zero-order valence-corrected chi connectivity index (χ0v) is 12.1. The first-order chi connectivity index (χ1) is 11.3. The van der Waals surface area contributed by atoms with Gasteiger partial charge in [-0.25, -0.2) is 9.97 Å². The highest BCUT2D eigenvalue weighted by molar-refractivity contribution is 5.89. The van der Waals surface area contributed by atoms with E-state index in [4.69, 9.17) is 19.3 Å². The van der Waals surface area contributed by atoms with E-state index < -0.39 is 0 Å². The largest absolute Gasteiger partial charge is 0.496 e. The van der Waals surface area contributed by atoms with E-state index in [1.54, 1.807) is 30.9 Å². The highest BCUT2D eigenvalue weighted by Crippen LogP contribution is 2.37. The maximum atomic E-state index is 5.90. The third kappa shape index (κ3) is 2.40. The number of allylic oxidation sites excluding steroid dienone is 2. The summed E-state index contributed by atoms with van der Waals surface area (Å²) < 4.78 is 16.4. The van der Waals surface area contributed by atoms with Crippen molar-refractivity contribution < 1.29 is 13.6 Å². The number of furan rings is 2. The van der Waals surface area contributed by atoms with Crippen LogP contribution in [0.3, 0.4) is 0 Å². The third-order valence-electron chi connectivity index (χ3n) is 3.42. The number of hydrogen-bond acceptors (Lipinski definition) is 6. The molecule has 1 aliphatic rings. The molecule has 4 rings (SSSR count). The Morgan fingerprint density at radius 3 is 2.09 bits per heavy atom. The number of aromatic nitrogens is 2. The Morgan fingerprint density at radius 1 is 0.957 bits per heavy atom. The topological polar surface area (TPSA) is 87.3 Å². The maximum Gasteiger partial charge on any atom is 0.221 e. The SMILES string of the molecule is Nc1nc(-c2ccco2)c(C2=COCC=C2)c(-c2ccco2)n1. The van der Waals surface area contributed by atoms with Crippen LogP contribution in [-0.4, -0.2) is 16.6 Å². The molecule has 0 unspecified atom stereocenters. The zero-order valence-electron chi connectivity index (χ0n) is 12.1. The summed E-state index contributed by atoms with van der Waals surface area (Å²) >= 11 is 0. The van der Waals surface area contributed by atoms with E-state index in [0.29, 0.717) is 29.5 Å². The molecule has 0 aromatic carbocycles. The van der Waals surface area contributed by atoms with E-state index in [0.717, 1.165) is 11.1 Å². The molecule has 0 saturated carbocycles. The molecular weight excluding hydrogens is 294 g/mol. The quantitative estimate of drug-likeness (QED) is 0.796. The van der Waals surface area contributed by atoms with E-state index >= 15 is 0 Å². The number of anilines is 1. The lowest BCUT2D eigenvalue weighted by Crippen LogP contribution is -2.05. The molecule has 0 spiro atoms. The number of rotatable bonds is 3. The van der Waals surface area contributed by atoms with Gasteiger partial charge >= 0.3 is 0 Å². The highest BCUT2D eigenvalue weighted by Gasteiger charge is 2.22. The van der Waals surface area contributed by atoms with Gasteiger partial charge in [0.1, 0.15) is 18.0 Å². The van der Waals surface area contributed by atoms with E-state index in [-0.39, 0.29) is 5.95 Å². The van der Waals surface area contributed by atoms with Crippen LogP contribution in [0.15, 0.2) is 64.0 Å². The molecule has 114 valence electrons. The van der Waals surface area contributed by atoms with Gasteiger partial charge in [-0.1, -0.05) is 6.08 Å². The first-order valence-electron chi connectivity index (χ1n) is 7.07. The minimum Gasteiger partial charge on any atom is -0.496 e. The summed E-state index contributed by atoms with van der Waals surface area (Å²) in [5.74, 6) is 1.34. The molecule has 0 amide bonds. The smallest absolute Gasteiger partial charge is 0.221 e. The Morgan fingerprint density at radius 2 is 1.61 bits per heavy atom. The van der Waals surface area contributed by atoms with E-state index in [1.165, 1.54) is 0 Å². The fourth-order valence-electron chi connectivity index (χ4n) is 2.48. The maximum absolute atomic E-state index is 5.90. The molecule has 0 aliphatic carbocycles. The number of hydrogen-bond donors (Lipinski definition) is 1. The lowest BCUT2D eigenvalue weighted by atomic mass is 9.99. The minimum absolute atomic E-state index is 0.146. The lowest BCUT2D eigenvalue weighted by Gasteiger charge is -2.15. The fraction of sp³-hybridized carbons (Fsp3) is 0.0588. The number of ether oxygens (including phenoxy) is 1. The first kappa shape index (κ1) is 13.4. The summed E-state index contributed by atoms with van der Waals surface area (Å²) in [6.07, 6.45) is 8.73. The second kappa shape index (κ2) is 5.49. The molecule has 2 N–H and O–H groups in total. The van der Waals surface area contributed by atoms with Crippen molar-refractivity contribution in [1.29, 1.82) is 0 Å². The molecule has 0 atom stereocenters. The van der Waals surface area contributed by atoms with Crippen molar-refractivity contribution in [3.05, 3.63) is 60.8 Å². The van der Waals surface area contributed by atoms with Gasteiger partial charge in [0.15, 0.2) is 11.5 Å². The first-order valence-corrected chi connectivity index (χ1v) is 7.07. The van der Waals surface area contributed by atoms with Crippen LogP contribution in [0.2, 0.25) is 0 Å². The Labute approximate surface area is 131 Å². The van der Waals surface area contributed by atoms with E-state index in [2.05, 4.69) is 9.97 Å². The van der Waals surface area contributed by atoms with Crippen LogP contribution < -0.4 is 5.73 Å². The lowest BCUT2D eigenvalue weighted by molar-refractivity contribution is 0.288. The van der Waals surface area contributed by atoms with Crippen molar-refractivity contribution >= 4 is 11.5 Å². The number of nitrogens with two attached hydrogens (primary N) is 1. The Bertz CT molecular complexity index is 823. The van der Waals surface area contributed by atoms with Crippen molar-refractivity contribution in [3.8, 4) is 22.9 Å². The van der Waals surface area contributed by atoms with Gasteiger partial charge < -0.3 is 19.3 Å². The van der Waals surface area contributed by atoms with Crippen LogP contribution in [0.4, 0.5) is 5.95 Å².